The Bertz CT molecular complexity index is 207. The van der Waals surface area contributed by atoms with Gasteiger partial charge in [-0.25, -0.2) is 0 Å². The van der Waals surface area contributed by atoms with Gasteiger partial charge in [-0.2, -0.15) is 0 Å². The molecule has 0 saturated carbocycles. The molecule has 0 aromatic rings. The van der Waals surface area contributed by atoms with Gasteiger partial charge in [-0.1, -0.05) is 0 Å². The van der Waals surface area contributed by atoms with Crippen LogP contribution in [-0.2, 0) is 15.5 Å². The van der Waals surface area contributed by atoms with Gasteiger partial charge >= 0.3 is 0 Å². The first kappa shape index (κ1) is 13.1. The van der Waals surface area contributed by atoms with Gasteiger partial charge in [0.15, 0.2) is 0 Å². The van der Waals surface area contributed by atoms with Gasteiger partial charge < -0.3 is 10.1 Å². The van der Waals surface area contributed by atoms with Gasteiger partial charge in [0, 0.05) is 41.0 Å². The first-order valence-corrected chi connectivity index (χ1v) is 6.99. The highest BCUT2D eigenvalue weighted by Crippen LogP contribution is 2.12. The zero-order valence-corrected chi connectivity index (χ0v) is 10.9. The molecular weight excluding hydrogens is 210 g/mol. The summed E-state index contributed by atoms with van der Waals surface area (Å²) in [5, 5.41) is 3.36. The Morgan fingerprint density at radius 2 is 2.20 bits per heavy atom. The Morgan fingerprint density at radius 3 is 2.73 bits per heavy atom. The zero-order valence-electron chi connectivity index (χ0n) is 10.0. The topological polar surface area (TPSA) is 38.3 Å². The first-order chi connectivity index (χ1) is 7.00. The van der Waals surface area contributed by atoms with E-state index in [1.54, 1.807) is 0 Å². The van der Waals surface area contributed by atoms with Crippen molar-refractivity contribution in [3.05, 3.63) is 0 Å². The van der Waals surface area contributed by atoms with Gasteiger partial charge in [-0.05, 0) is 33.1 Å². The van der Waals surface area contributed by atoms with Crippen LogP contribution in [0.4, 0.5) is 0 Å². The molecule has 1 heterocycles. The van der Waals surface area contributed by atoms with Gasteiger partial charge in [-0.15, -0.1) is 0 Å². The van der Waals surface area contributed by atoms with Gasteiger partial charge in [0.05, 0.1) is 6.61 Å². The number of hydrogen-bond acceptors (Lipinski definition) is 3. The maximum atomic E-state index is 11.7. The zero-order chi connectivity index (χ0) is 11.3. The molecule has 90 valence electrons. The van der Waals surface area contributed by atoms with E-state index in [-0.39, 0.29) is 4.75 Å². The molecule has 15 heavy (non-hydrogen) atoms. The van der Waals surface area contributed by atoms with E-state index < -0.39 is 10.8 Å². The van der Waals surface area contributed by atoms with E-state index in [2.05, 4.69) is 5.32 Å². The first-order valence-electron chi connectivity index (χ1n) is 5.67. The second kappa shape index (κ2) is 5.97. The molecular formula is C11H23NO2S. The summed E-state index contributed by atoms with van der Waals surface area (Å²) in [5.41, 5.74) is 0. The molecule has 0 radical (unpaired) electrons. The predicted molar refractivity (Wildman–Crippen MR) is 64.6 cm³/mol. The summed E-state index contributed by atoms with van der Waals surface area (Å²) in [7, 11) is -0.734. The van der Waals surface area contributed by atoms with Crippen LogP contribution in [0.25, 0.3) is 0 Å². The summed E-state index contributed by atoms with van der Waals surface area (Å²) in [5.74, 6) is 1.41. The third-order valence-electron chi connectivity index (χ3n) is 2.60. The lowest BCUT2D eigenvalue weighted by molar-refractivity contribution is 0.185. The van der Waals surface area contributed by atoms with Crippen molar-refractivity contribution in [2.24, 2.45) is 5.92 Å². The second-order valence-electron chi connectivity index (χ2n) is 5.10. The number of rotatable bonds is 5. The lowest BCUT2D eigenvalue weighted by Gasteiger charge is -2.18. The molecule has 0 bridgehead atoms. The van der Waals surface area contributed by atoms with Crippen LogP contribution in [0.1, 0.15) is 27.2 Å². The van der Waals surface area contributed by atoms with Crippen molar-refractivity contribution in [1.82, 2.24) is 5.32 Å². The molecule has 2 atom stereocenters. The highest BCUT2D eigenvalue weighted by molar-refractivity contribution is 7.86. The molecule has 0 spiro atoms. The van der Waals surface area contributed by atoms with Crippen molar-refractivity contribution >= 4 is 10.8 Å². The molecule has 0 aliphatic carbocycles. The smallest absolute Gasteiger partial charge is 0.0507 e. The SMILES string of the molecule is CC(C)(C)S(=O)CCNCC1CCOC1. The molecule has 1 aliphatic rings. The number of ether oxygens (including phenoxy) is 1. The summed E-state index contributed by atoms with van der Waals surface area (Å²) in [6, 6.07) is 0. The van der Waals surface area contributed by atoms with Crippen molar-refractivity contribution in [1.29, 1.82) is 0 Å². The van der Waals surface area contributed by atoms with Crippen LogP contribution in [0.3, 0.4) is 0 Å². The minimum atomic E-state index is -0.734. The van der Waals surface area contributed by atoms with E-state index in [0.29, 0.717) is 5.92 Å². The average molecular weight is 233 g/mol. The lowest BCUT2D eigenvalue weighted by Crippen LogP contribution is -2.32. The molecule has 0 aromatic carbocycles. The predicted octanol–water partition coefficient (Wildman–Crippen LogP) is 1.16. The third kappa shape index (κ3) is 5.09. The maximum absolute atomic E-state index is 11.7. The Labute approximate surface area is 95.4 Å². The van der Waals surface area contributed by atoms with Crippen molar-refractivity contribution in [2.75, 3.05) is 32.1 Å². The summed E-state index contributed by atoms with van der Waals surface area (Å²) in [4.78, 5) is 0. The molecule has 1 saturated heterocycles. The van der Waals surface area contributed by atoms with E-state index in [9.17, 15) is 4.21 Å². The van der Waals surface area contributed by atoms with Crippen LogP contribution in [0, 0.1) is 5.92 Å². The standard InChI is InChI=1S/C11H23NO2S/c1-11(2,3)15(13)7-5-12-8-10-4-6-14-9-10/h10,12H,4-9H2,1-3H3. The molecule has 0 aromatic heterocycles. The molecule has 2 unspecified atom stereocenters. The monoisotopic (exact) mass is 233 g/mol. The highest BCUT2D eigenvalue weighted by atomic mass is 32.2. The van der Waals surface area contributed by atoms with Crippen molar-refractivity contribution < 1.29 is 8.95 Å². The third-order valence-corrected chi connectivity index (χ3v) is 4.55. The Morgan fingerprint density at radius 1 is 1.47 bits per heavy atom. The van der Waals surface area contributed by atoms with Crippen molar-refractivity contribution in [3.63, 3.8) is 0 Å². The molecule has 1 aliphatic heterocycles. The summed E-state index contributed by atoms with van der Waals surface area (Å²) < 4.78 is 16.9. The second-order valence-corrected chi connectivity index (χ2v) is 7.42. The fourth-order valence-corrected chi connectivity index (χ4v) is 2.46. The van der Waals surface area contributed by atoms with E-state index in [4.69, 9.17) is 4.74 Å². The molecule has 3 nitrogen and oxygen atoms in total. The number of nitrogens with one attached hydrogen (secondary N) is 1. The van der Waals surface area contributed by atoms with Crippen LogP contribution in [0.15, 0.2) is 0 Å². The lowest BCUT2D eigenvalue weighted by atomic mass is 10.1. The van der Waals surface area contributed by atoms with Gasteiger partial charge in [-0.3, -0.25) is 4.21 Å². The van der Waals surface area contributed by atoms with Gasteiger partial charge in [0.25, 0.3) is 0 Å². The summed E-state index contributed by atoms with van der Waals surface area (Å²) in [6.07, 6.45) is 1.16. The van der Waals surface area contributed by atoms with Gasteiger partial charge in [0.2, 0.25) is 0 Å². The minimum absolute atomic E-state index is 0.0852. The average Bonchev–Trinajstić information content (AvgIpc) is 2.63. The fourth-order valence-electron chi connectivity index (χ4n) is 1.52. The van der Waals surface area contributed by atoms with Gasteiger partial charge in [0.1, 0.15) is 0 Å². The van der Waals surface area contributed by atoms with E-state index in [0.717, 1.165) is 38.5 Å². The fraction of sp³-hybridized carbons (Fsp3) is 1.00. The summed E-state index contributed by atoms with van der Waals surface area (Å²) >= 11 is 0. The van der Waals surface area contributed by atoms with Crippen LogP contribution < -0.4 is 5.32 Å². The van der Waals surface area contributed by atoms with Crippen molar-refractivity contribution in [2.45, 2.75) is 31.9 Å². The minimum Gasteiger partial charge on any atom is -0.381 e. The van der Waals surface area contributed by atoms with Crippen LogP contribution >= 0.6 is 0 Å². The normalized spacial score (nSPS) is 24.3. The summed E-state index contributed by atoms with van der Waals surface area (Å²) in [6.45, 7) is 9.70. The van der Waals surface area contributed by atoms with E-state index in [1.807, 2.05) is 20.8 Å². The maximum Gasteiger partial charge on any atom is 0.0507 e. The highest BCUT2D eigenvalue weighted by Gasteiger charge is 2.19. The molecule has 0 amide bonds. The molecule has 1 rings (SSSR count). The molecule has 4 heteroatoms. The van der Waals surface area contributed by atoms with E-state index >= 15 is 0 Å². The largest absolute Gasteiger partial charge is 0.381 e. The Kier molecular flexibility index (Phi) is 5.23. The van der Waals surface area contributed by atoms with Crippen molar-refractivity contribution in [3.8, 4) is 0 Å². The quantitative estimate of drug-likeness (QED) is 0.724. The van der Waals surface area contributed by atoms with Crippen LogP contribution in [0.2, 0.25) is 0 Å². The molecule has 1 fully saturated rings. The Balaban J connectivity index is 2.03. The van der Waals surface area contributed by atoms with Crippen LogP contribution in [-0.4, -0.2) is 41.0 Å². The Hall–Kier alpha value is 0.0700. The van der Waals surface area contributed by atoms with E-state index in [1.165, 1.54) is 0 Å². The van der Waals surface area contributed by atoms with Crippen LogP contribution in [0.5, 0.6) is 0 Å². The number of hydrogen-bond donors (Lipinski definition) is 1. The molecule has 1 N–H and O–H groups in total.